The Labute approximate surface area is 215 Å². The van der Waals surface area contributed by atoms with Gasteiger partial charge in [-0.2, -0.15) is 4.98 Å². The third kappa shape index (κ3) is 8.44. The Morgan fingerprint density at radius 3 is 2.52 bits per heavy atom. The topological polar surface area (TPSA) is 87.8 Å². The number of aromatic nitrogens is 2. The minimum Gasteiger partial charge on any atom is -0.497 e. The van der Waals surface area contributed by atoms with Crippen LogP contribution in [0.2, 0.25) is 0 Å². The Bertz CT molecular complexity index is 834. The van der Waals surface area contributed by atoms with E-state index in [0.29, 0.717) is 12.4 Å². The van der Waals surface area contributed by atoms with Crippen molar-refractivity contribution in [3.05, 3.63) is 41.5 Å². The van der Waals surface area contributed by atoms with Gasteiger partial charge in [0.25, 0.3) is 0 Å². The summed E-state index contributed by atoms with van der Waals surface area (Å²) in [5.41, 5.74) is 1.28. The number of nitrogens with zero attached hydrogens (tertiary/aromatic N) is 4. The summed E-state index contributed by atoms with van der Waals surface area (Å²) in [5, 5.41) is 10.8. The van der Waals surface area contributed by atoms with Crippen molar-refractivity contribution >= 4 is 29.9 Å². The molecule has 0 bridgehead atoms. The minimum atomic E-state index is 0. The van der Waals surface area contributed by atoms with E-state index in [1.165, 1.54) is 18.4 Å². The molecule has 2 heterocycles. The van der Waals surface area contributed by atoms with Gasteiger partial charge in [-0.05, 0) is 57.0 Å². The van der Waals surface area contributed by atoms with Crippen molar-refractivity contribution in [3.8, 4) is 5.75 Å². The first-order chi connectivity index (χ1) is 15.6. The van der Waals surface area contributed by atoms with E-state index in [2.05, 4.69) is 58.6 Å². The van der Waals surface area contributed by atoms with Crippen molar-refractivity contribution < 1.29 is 9.26 Å². The predicted molar refractivity (Wildman–Crippen MR) is 143 cm³/mol. The van der Waals surface area contributed by atoms with Gasteiger partial charge in [0.05, 0.1) is 19.7 Å². The summed E-state index contributed by atoms with van der Waals surface area (Å²) in [5.74, 6) is 3.49. The number of hydrogen-bond acceptors (Lipinski definition) is 6. The molecule has 1 unspecified atom stereocenters. The van der Waals surface area contributed by atoms with Crippen LogP contribution in [-0.4, -0.2) is 60.8 Å². The first-order valence-corrected chi connectivity index (χ1v) is 11.8. The van der Waals surface area contributed by atoms with E-state index in [9.17, 15) is 0 Å². The number of hydrogen-bond donors (Lipinski definition) is 2. The molecule has 1 aromatic heterocycles. The summed E-state index contributed by atoms with van der Waals surface area (Å²) in [7, 11) is 1.70. The first-order valence-electron chi connectivity index (χ1n) is 11.8. The summed E-state index contributed by atoms with van der Waals surface area (Å²) in [6.45, 7) is 10.8. The van der Waals surface area contributed by atoms with Crippen LogP contribution in [0, 0.1) is 0 Å². The maximum absolute atomic E-state index is 5.33. The molecule has 1 aromatic carbocycles. The van der Waals surface area contributed by atoms with Gasteiger partial charge in [0.1, 0.15) is 5.75 Å². The molecule has 0 aliphatic carbocycles. The van der Waals surface area contributed by atoms with Crippen molar-refractivity contribution in [2.75, 3.05) is 39.8 Å². The summed E-state index contributed by atoms with van der Waals surface area (Å²) in [4.78, 5) is 11.9. The Morgan fingerprint density at radius 2 is 1.91 bits per heavy atom. The van der Waals surface area contributed by atoms with Gasteiger partial charge in [0, 0.05) is 25.4 Å². The van der Waals surface area contributed by atoms with Gasteiger partial charge in [-0.25, -0.2) is 0 Å². The molecule has 0 amide bonds. The monoisotopic (exact) mass is 570 g/mol. The van der Waals surface area contributed by atoms with Crippen LogP contribution in [0.5, 0.6) is 5.75 Å². The summed E-state index contributed by atoms with van der Waals surface area (Å²) in [6.07, 6.45) is 4.16. The number of likely N-dealkylation sites (tertiary alicyclic amines) is 1. The van der Waals surface area contributed by atoms with Crippen LogP contribution in [-0.2, 0) is 6.42 Å². The highest BCUT2D eigenvalue weighted by Gasteiger charge is 2.23. The van der Waals surface area contributed by atoms with E-state index < -0.39 is 0 Å². The van der Waals surface area contributed by atoms with Crippen LogP contribution in [0.4, 0.5) is 0 Å². The first kappa shape index (κ1) is 27.4. The number of halogens is 1. The van der Waals surface area contributed by atoms with Crippen molar-refractivity contribution in [2.45, 2.75) is 58.4 Å². The van der Waals surface area contributed by atoms with E-state index in [-0.39, 0.29) is 35.9 Å². The quantitative estimate of drug-likeness (QED) is 0.182. The molecule has 1 saturated heterocycles. The summed E-state index contributed by atoms with van der Waals surface area (Å²) >= 11 is 0. The molecule has 184 valence electrons. The third-order valence-electron chi connectivity index (χ3n) is 5.71. The van der Waals surface area contributed by atoms with Crippen LogP contribution in [0.3, 0.4) is 0 Å². The number of aryl methyl sites for hydroxylation is 1. The number of methoxy groups -OCH3 is 1. The molecule has 2 aromatic rings. The van der Waals surface area contributed by atoms with Crippen molar-refractivity contribution in [1.82, 2.24) is 25.7 Å². The van der Waals surface area contributed by atoms with Gasteiger partial charge >= 0.3 is 0 Å². The SMILES string of the molecule is CCNC(=NCC(c1ccc(OC)cc1)N1CCCC1)NCCCc1nc(C(C)C)no1.I. The van der Waals surface area contributed by atoms with Gasteiger partial charge in [-0.3, -0.25) is 9.89 Å². The van der Waals surface area contributed by atoms with E-state index >= 15 is 0 Å². The average Bonchev–Trinajstić information content (AvgIpc) is 3.50. The summed E-state index contributed by atoms with van der Waals surface area (Å²) in [6, 6.07) is 8.66. The van der Waals surface area contributed by atoms with Crippen molar-refractivity contribution in [1.29, 1.82) is 0 Å². The Hall–Kier alpha value is -1.88. The molecule has 0 spiro atoms. The molecule has 1 aliphatic heterocycles. The number of aliphatic imine (C=N–C) groups is 1. The highest BCUT2D eigenvalue weighted by molar-refractivity contribution is 14.0. The Morgan fingerprint density at radius 1 is 1.18 bits per heavy atom. The third-order valence-corrected chi connectivity index (χ3v) is 5.71. The van der Waals surface area contributed by atoms with Crippen LogP contribution >= 0.6 is 24.0 Å². The standard InChI is InChI=1S/C24H38N6O2.HI/c1-5-25-24(26-14-8-9-22-28-23(18(2)3)29-32-22)27-17-21(30-15-6-7-16-30)19-10-12-20(31-4)13-11-19;/h10-13,18,21H,5-9,14-17H2,1-4H3,(H2,25,26,27);1H. The van der Waals surface area contributed by atoms with Gasteiger partial charge in [-0.15, -0.1) is 24.0 Å². The fourth-order valence-electron chi connectivity index (χ4n) is 3.88. The van der Waals surface area contributed by atoms with Crippen LogP contribution in [0.15, 0.2) is 33.8 Å². The fourth-order valence-corrected chi connectivity index (χ4v) is 3.88. The molecule has 9 heteroatoms. The predicted octanol–water partition coefficient (Wildman–Crippen LogP) is 4.14. The lowest BCUT2D eigenvalue weighted by molar-refractivity contribution is 0.251. The van der Waals surface area contributed by atoms with E-state index in [0.717, 1.165) is 56.6 Å². The molecule has 1 fully saturated rings. The molecule has 33 heavy (non-hydrogen) atoms. The average molecular weight is 571 g/mol. The maximum Gasteiger partial charge on any atom is 0.226 e. The molecular formula is C24H39IN6O2. The fraction of sp³-hybridized carbons (Fsp3) is 0.625. The maximum atomic E-state index is 5.33. The number of guanidine groups is 1. The molecule has 2 N–H and O–H groups in total. The zero-order chi connectivity index (χ0) is 22.8. The largest absolute Gasteiger partial charge is 0.497 e. The molecule has 1 aliphatic rings. The number of rotatable bonds is 11. The lowest BCUT2D eigenvalue weighted by atomic mass is 10.1. The number of benzene rings is 1. The molecule has 0 saturated carbocycles. The van der Waals surface area contributed by atoms with E-state index in [1.54, 1.807) is 7.11 Å². The van der Waals surface area contributed by atoms with E-state index in [4.69, 9.17) is 14.3 Å². The zero-order valence-corrected chi connectivity index (χ0v) is 22.7. The second-order valence-corrected chi connectivity index (χ2v) is 8.48. The van der Waals surface area contributed by atoms with Crippen LogP contribution in [0.25, 0.3) is 0 Å². The molecule has 0 radical (unpaired) electrons. The van der Waals surface area contributed by atoms with Crippen LogP contribution < -0.4 is 15.4 Å². The second-order valence-electron chi connectivity index (χ2n) is 8.48. The minimum absolute atomic E-state index is 0. The zero-order valence-electron chi connectivity index (χ0n) is 20.3. The highest BCUT2D eigenvalue weighted by atomic mass is 127. The lowest BCUT2D eigenvalue weighted by Gasteiger charge is -2.27. The molecule has 1 atom stereocenters. The van der Waals surface area contributed by atoms with Gasteiger partial charge in [-0.1, -0.05) is 31.1 Å². The smallest absolute Gasteiger partial charge is 0.226 e. The Balaban J connectivity index is 0.00000385. The molecule has 3 rings (SSSR count). The van der Waals surface area contributed by atoms with Gasteiger partial charge in [0.2, 0.25) is 5.89 Å². The van der Waals surface area contributed by atoms with Gasteiger partial charge in [0.15, 0.2) is 11.8 Å². The van der Waals surface area contributed by atoms with Crippen molar-refractivity contribution in [2.24, 2.45) is 4.99 Å². The molecule has 8 nitrogen and oxygen atoms in total. The second kappa shape index (κ2) is 14.4. The number of nitrogens with one attached hydrogen (secondary N) is 2. The Kier molecular flexibility index (Phi) is 11.9. The van der Waals surface area contributed by atoms with E-state index in [1.807, 2.05) is 12.1 Å². The van der Waals surface area contributed by atoms with Crippen molar-refractivity contribution in [3.63, 3.8) is 0 Å². The normalized spacial score (nSPS) is 15.4. The lowest BCUT2D eigenvalue weighted by Crippen LogP contribution is -2.39. The highest BCUT2D eigenvalue weighted by Crippen LogP contribution is 2.27. The molecular weight excluding hydrogens is 531 g/mol. The summed E-state index contributed by atoms with van der Waals surface area (Å²) < 4.78 is 10.7. The number of ether oxygens (including phenoxy) is 1. The van der Waals surface area contributed by atoms with Gasteiger partial charge < -0.3 is 19.9 Å². The van der Waals surface area contributed by atoms with Crippen LogP contribution in [0.1, 0.15) is 69.3 Å².